The van der Waals surface area contributed by atoms with Crippen molar-refractivity contribution in [3.63, 3.8) is 0 Å². The molecule has 0 spiro atoms. The Morgan fingerprint density at radius 2 is 2.31 bits per heavy atom. The molecule has 0 bridgehead atoms. The van der Waals surface area contributed by atoms with E-state index >= 15 is 0 Å². The Morgan fingerprint density at radius 1 is 1.50 bits per heavy atom. The summed E-state index contributed by atoms with van der Waals surface area (Å²) in [6.07, 6.45) is 0. The van der Waals surface area contributed by atoms with Gasteiger partial charge in [-0.1, -0.05) is 15.9 Å². The van der Waals surface area contributed by atoms with Gasteiger partial charge < -0.3 is 14.4 Å². The molecule has 1 aliphatic rings. The van der Waals surface area contributed by atoms with Crippen molar-refractivity contribution < 1.29 is 14.6 Å². The number of rotatable bonds is 1. The van der Waals surface area contributed by atoms with Crippen molar-refractivity contribution in [3.05, 3.63) is 28.4 Å². The Balaban J connectivity index is 2.46. The highest BCUT2D eigenvalue weighted by Gasteiger charge is 2.22. The summed E-state index contributed by atoms with van der Waals surface area (Å²) < 4.78 is 8.19. The fourth-order valence-electron chi connectivity index (χ4n) is 2.09. The van der Waals surface area contributed by atoms with Crippen LogP contribution in [0.2, 0.25) is 0 Å². The summed E-state index contributed by atoms with van der Waals surface area (Å²) in [5, 5.41) is 10.0. The van der Waals surface area contributed by atoms with E-state index in [2.05, 4.69) is 15.9 Å². The zero-order chi connectivity index (χ0) is 11.3. The first-order valence-electron chi connectivity index (χ1n) is 4.86. The maximum absolute atomic E-state index is 11.1. The second-order valence-corrected chi connectivity index (χ2v) is 4.50. The fourth-order valence-corrected chi connectivity index (χ4v) is 2.52. The summed E-state index contributed by atoms with van der Waals surface area (Å²) in [4.78, 5) is 11.1. The van der Waals surface area contributed by atoms with E-state index < -0.39 is 5.97 Å². The SMILES string of the molecule is O=C(O)c1cc2c(Br)ccc3c2n1CCO3. The van der Waals surface area contributed by atoms with Crippen LogP contribution in [0.3, 0.4) is 0 Å². The molecule has 0 fully saturated rings. The third-order valence-corrected chi connectivity index (χ3v) is 3.45. The van der Waals surface area contributed by atoms with E-state index in [1.165, 1.54) is 0 Å². The van der Waals surface area contributed by atoms with Gasteiger partial charge in [0.05, 0.1) is 12.1 Å². The van der Waals surface area contributed by atoms with Gasteiger partial charge in [0, 0.05) is 9.86 Å². The van der Waals surface area contributed by atoms with Crippen LogP contribution in [0.25, 0.3) is 10.9 Å². The molecule has 0 atom stereocenters. The lowest BCUT2D eigenvalue weighted by Crippen LogP contribution is -2.17. The van der Waals surface area contributed by atoms with Crippen LogP contribution in [0.5, 0.6) is 5.75 Å². The van der Waals surface area contributed by atoms with Gasteiger partial charge in [-0.25, -0.2) is 4.79 Å². The van der Waals surface area contributed by atoms with Gasteiger partial charge in [0.1, 0.15) is 18.1 Å². The fraction of sp³-hybridized carbons (Fsp3) is 0.182. The number of benzene rings is 1. The number of nitrogens with zero attached hydrogens (tertiary/aromatic N) is 1. The van der Waals surface area contributed by atoms with Crippen LogP contribution in [-0.4, -0.2) is 22.2 Å². The standard InChI is InChI=1S/C11H8BrNO3/c12-7-1-2-9-10-6(7)5-8(11(14)15)13(10)3-4-16-9/h1-2,5H,3-4H2,(H,14,15). The van der Waals surface area contributed by atoms with Gasteiger partial charge in [0.25, 0.3) is 0 Å². The van der Waals surface area contributed by atoms with Gasteiger partial charge in [0.15, 0.2) is 0 Å². The molecule has 2 aromatic rings. The molecule has 3 rings (SSSR count). The van der Waals surface area contributed by atoms with Crippen molar-refractivity contribution in [2.75, 3.05) is 6.61 Å². The van der Waals surface area contributed by atoms with E-state index in [1.54, 1.807) is 10.6 Å². The van der Waals surface area contributed by atoms with Crippen LogP contribution in [0.4, 0.5) is 0 Å². The highest BCUT2D eigenvalue weighted by Crippen LogP contribution is 2.36. The molecular formula is C11H8BrNO3. The Morgan fingerprint density at radius 3 is 3.06 bits per heavy atom. The molecule has 0 saturated heterocycles. The lowest BCUT2D eigenvalue weighted by atomic mass is 10.2. The minimum atomic E-state index is -0.907. The maximum Gasteiger partial charge on any atom is 0.352 e. The molecule has 2 heterocycles. The summed E-state index contributed by atoms with van der Waals surface area (Å²) >= 11 is 3.42. The Kier molecular flexibility index (Phi) is 1.97. The van der Waals surface area contributed by atoms with Crippen LogP contribution in [0, 0.1) is 0 Å². The van der Waals surface area contributed by atoms with Crippen LogP contribution < -0.4 is 4.74 Å². The van der Waals surface area contributed by atoms with E-state index in [9.17, 15) is 4.79 Å². The Hall–Kier alpha value is -1.49. The molecule has 4 nitrogen and oxygen atoms in total. The van der Waals surface area contributed by atoms with Crippen LogP contribution in [0.1, 0.15) is 10.5 Å². The average Bonchev–Trinajstić information content (AvgIpc) is 2.65. The number of aromatic carboxylic acids is 1. The number of hydrogen-bond acceptors (Lipinski definition) is 2. The molecule has 0 aliphatic carbocycles. The van der Waals surface area contributed by atoms with Gasteiger partial charge in [-0.3, -0.25) is 0 Å². The first kappa shape index (κ1) is 9.72. The summed E-state index contributed by atoms with van der Waals surface area (Å²) in [7, 11) is 0. The molecule has 16 heavy (non-hydrogen) atoms. The van der Waals surface area contributed by atoms with Gasteiger partial charge in [-0.2, -0.15) is 0 Å². The highest BCUT2D eigenvalue weighted by atomic mass is 79.9. The molecular weight excluding hydrogens is 274 g/mol. The smallest absolute Gasteiger partial charge is 0.352 e. The monoisotopic (exact) mass is 281 g/mol. The quantitative estimate of drug-likeness (QED) is 0.874. The average molecular weight is 282 g/mol. The lowest BCUT2D eigenvalue weighted by molar-refractivity contribution is 0.0684. The van der Waals surface area contributed by atoms with Crippen molar-refractivity contribution in [3.8, 4) is 5.75 Å². The summed E-state index contributed by atoms with van der Waals surface area (Å²) in [5.74, 6) is -0.159. The number of aromatic nitrogens is 1. The topological polar surface area (TPSA) is 51.5 Å². The third-order valence-electron chi connectivity index (χ3n) is 2.76. The van der Waals surface area contributed by atoms with Crippen LogP contribution in [-0.2, 0) is 6.54 Å². The lowest BCUT2D eigenvalue weighted by Gasteiger charge is -2.18. The minimum Gasteiger partial charge on any atom is -0.490 e. The van der Waals surface area contributed by atoms with Gasteiger partial charge in [-0.15, -0.1) is 0 Å². The number of halogens is 1. The molecule has 82 valence electrons. The normalized spacial score (nSPS) is 13.8. The van der Waals surface area contributed by atoms with Crippen molar-refractivity contribution in [1.82, 2.24) is 4.57 Å². The number of hydrogen-bond donors (Lipinski definition) is 1. The minimum absolute atomic E-state index is 0.312. The van der Waals surface area contributed by atoms with E-state index in [0.717, 1.165) is 21.1 Å². The van der Waals surface area contributed by atoms with Crippen molar-refractivity contribution in [2.45, 2.75) is 6.54 Å². The van der Waals surface area contributed by atoms with Crippen LogP contribution in [0.15, 0.2) is 22.7 Å². The van der Waals surface area contributed by atoms with Crippen LogP contribution >= 0.6 is 15.9 Å². The zero-order valence-corrected chi connectivity index (χ0v) is 9.82. The zero-order valence-electron chi connectivity index (χ0n) is 8.24. The van der Waals surface area contributed by atoms with E-state index in [4.69, 9.17) is 9.84 Å². The summed E-state index contributed by atoms with van der Waals surface area (Å²) in [5.41, 5.74) is 1.17. The van der Waals surface area contributed by atoms with Crippen molar-refractivity contribution >= 4 is 32.8 Å². The number of ether oxygens (including phenoxy) is 1. The Bertz CT molecular complexity index is 603. The first-order chi connectivity index (χ1) is 7.68. The van der Waals surface area contributed by atoms with E-state index in [-0.39, 0.29) is 0 Å². The molecule has 1 aromatic heterocycles. The number of carboxylic acid groups (broad SMARTS) is 1. The first-order valence-corrected chi connectivity index (χ1v) is 5.65. The summed E-state index contributed by atoms with van der Waals surface area (Å²) in [6, 6.07) is 5.41. The molecule has 5 heteroatoms. The number of carboxylic acids is 1. The highest BCUT2D eigenvalue weighted by molar-refractivity contribution is 9.10. The molecule has 1 aromatic carbocycles. The molecule has 1 aliphatic heterocycles. The van der Waals surface area contributed by atoms with Crippen molar-refractivity contribution in [1.29, 1.82) is 0 Å². The predicted octanol–water partition coefficient (Wildman–Crippen LogP) is 2.49. The third kappa shape index (κ3) is 1.18. The van der Waals surface area contributed by atoms with Gasteiger partial charge in [-0.05, 0) is 18.2 Å². The van der Waals surface area contributed by atoms with E-state index in [1.807, 2.05) is 12.1 Å². The Labute approximate surface area is 99.6 Å². The van der Waals surface area contributed by atoms with Gasteiger partial charge >= 0.3 is 5.97 Å². The second-order valence-electron chi connectivity index (χ2n) is 3.64. The molecule has 0 saturated carbocycles. The predicted molar refractivity (Wildman–Crippen MR) is 62.1 cm³/mol. The summed E-state index contributed by atoms with van der Waals surface area (Å²) in [6.45, 7) is 1.09. The molecule has 1 N–H and O–H groups in total. The molecule has 0 amide bonds. The molecule has 0 unspecified atom stereocenters. The van der Waals surface area contributed by atoms with Crippen molar-refractivity contribution in [2.24, 2.45) is 0 Å². The largest absolute Gasteiger partial charge is 0.490 e. The number of carbonyl (C=O) groups is 1. The second kappa shape index (κ2) is 3.25. The maximum atomic E-state index is 11.1. The molecule has 0 radical (unpaired) electrons. The van der Waals surface area contributed by atoms with Gasteiger partial charge in [0.2, 0.25) is 0 Å². The van der Waals surface area contributed by atoms with E-state index in [0.29, 0.717) is 18.8 Å².